The molecule has 0 spiro atoms. The van der Waals surface area contributed by atoms with Crippen LogP contribution < -0.4 is 24.3 Å². The van der Waals surface area contributed by atoms with Gasteiger partial charge in [-0.15, -0.1) is 0 Å². The summed E-state index contributed by atoms with van der Waals surface area (Å²) in [4.78, 5) is 44.0. The summed E-state index contributed by atoms with van der Waals surface area (Å²) >= 11 is 11.5. The Balaban J connectivity index is 0.000000239. The maximum Gasteiger partial charge on any atom is 0.338 e. The van der Waals surface area contributed by atoms with Crippen LogP contribution in [-0.4, -0.2) is 59.2 Å². The molecule has 73 heavy (non-hydrogen) atoms. The zero-order valence-corrected chi connectivity index (χ0v) is 40.0. The second-order valence-electron chi connectivity index (χ2n) is 16.0. The molecule has 7 aromatic rings. The van der Waals surface area contributed by atoms with E-state index in [0.717, 1.165) is 36.8 Å². The molecule has 378 valence electrons. The highest BCUT2D eigenvalue weighted by molar-refractivity contribution is 6.30. The number of halogens is 7. The predicted molar refractivity (Wildman–Crippen MR) is 257 cm³/mol. The van der Waals surface area contributed by atoms with Gasteiger partial charge in [0.05, 0.1) is 36.6 Å². The van der Waals surface area contributed by atoms with Gasteiger partial charge in [-0.25, -0.2) is 26.7 Å². The van der Waals surface area contributed by atoms with Gasteiger partial charge in [0.25, 0.3) is 0 Å². The van der Waals surface area contributed by atoms with Gasteiger partial charge in [0.15, 0.2) is 23.1 Å². The number of ether oxygens (including phenoxy) is 6. The van der Waals surface area contributed by atoms with E-state index >= 15 is 8.78 Å². The molecule has 3 heterocycles. The van der Waals surface area contributed by atoms with E-state index in [2.05, 4.69) is 15.3 Å². The summed E-state index contributed by atoms with van der Waals surface area (Å²) in [5, 5.41) is 12.3. The number of esters is 1. The molecule has 0 amide bonds. The predicted octanol–water partition coefficient (Wildman–Crippen LogP) is 11.9. The number of rotatable bonds is 20. The fraction of sp³-hybridized carbons (Fsp3) is 0.189. The zero-order chi connectivity index (χ0) is 52.0. The molecule has 13 nitrogen and oxygen atoms in total. The number of nitrogens with one attached hydrogen (secondary N) is 1. The van der Waals surface area contributed by atoms with Crippen LogP contribution in [0, 0.1) is 29.1 Å². The molecule has 1 aliphatic rings. The normalized spacial score (nSPS) is 12.6. The number of methoxy groups -OCH3 is 1. The maximum absolute atomic E-state index is 15.1. The Morgan fingerprint density at radius 2 is 1.16 bits per heavy atom. The summed E-state index contributed by atoms with van der Waals surface area (Å²) in [5.41, 5.74) is 1.39. The number of benzene rings is 5. The highest BCUT2D eigenvalue weighted by atomic mass is 35.5. The first-order valence-electron chi connectivity index (χ1n) is 22.1. The van der Waals surface area contributed by atoms with Crippen LogP contribution in [0.4, 0.5) is 27.6 Å². The van der Waals surface area contributed by atoms with Crippen LogP contribution in [0.3, 0.4) is 0 Å². The minimum absolute atomic E-state index is 0.00541. The topological polar surface area (TPSA) is 165 Å². The average molecular weight is 1050 g/mol. The lowest BCUT2D eigenvalue weighted by atomic mass is 9.98. The third kappa shape index (κ3) is 15.4. The Morgan fingerprint density at radius 1 is 0.644 bits per heavy atom. The number of carboxylic acid groups (broad SMARTS) is 1. The van der Waals surface area contributed by atoms with Crippen LogP contribution in [-0.2, 0) is 51.5 Å². The summed E-state index contributed by atoms with van der Waals surface area (Å²) in [6.07, 6.45) is 2.68. The zero-order valence-electron chi connectivity index (χ0n) is 38.4. The second-order valence-corrected chi connectivity index (χ2v) is 16.9. The quantitative estimate of drug-likeness (QED) is 0.0548. The van der Waals surface area contributed by atoms with E-state index in [-0.39, 0.29) is 93.1 Å². The number of pyridine rings is 2. The fourth-order valence-electron chi connectivity index (χ4n) is 6.94. The van der Waals surface area contributed by atoms with Crippen LogP contribution in [0.15, 0.2) is 122 Å². The number of aromatic nitrogens is 2. The number of ketones is 1. The van der Waals surface area contributed by atoms with Crippen molar-refractivity contribution in [2.24, 2.45) is 0 Å². The minimum atomic E-state index is -1.12. The van der Waals surface area contributed by atoms with Gasteiger partial charge in [-0.1, -0.05) is 35.3 Å². The third-order valence-electron chi connectivity index (χ3n) is 10.7. The lowest BCUT2D eigenvalue weighted by Crippen LogP contribution is -2.33. The number of aliphatic carboxylic acids is 1. The third-order valence-corrected chi connectivity index (χ3v) is 11.1. The Hall–Kier alpha value is -7.80. The Labute approximate surface area is 424 Å². The van der Waals surface area contributed by atoms with Crippen LogP contribution in [0.5, 0.6) is 34.5 Å². The van der Waals surface area contributed by atoms with E-state index < -0.39 is 53.2 Å². The van der Waals surface area contributed by atoms with Gasteiger partial charge in [0.1, 0.15) is 59.4 Å². The van der Waals surface area contributed by atoms with Crippen LogP contribution in [0.1, 0.15) is 44.9 Å². The number of Topliss-reactive ketones (excluding diaryl/α,β-unsaturated/α-hetero) is 1. The van der Waals surface area contributed by atoms with Crippen molar-refractivity contribution in [1.29, 1.82) is 0 Å². The molecule has 5 aromatic carbocycles. The largest absolute Gasteiger partial charge is 0.484 e. The van der Waals surface area contributed by atoms with E-state index in [9.17, 15) is 27.6 Å². The van der Waals surface area contributed by atoms with Crippen molar-refractivity contribution in [3.63, 3.8) is 0 Å². The molecular formula is C53H42Cl2F5N3O10. The number of nitrogens with zero attached hydrogens (tertiary/aromatic N) is 2. The lowest BCUT2D eigenvalue weighted by Gasteiger charge is -2.27. The Morgan fingerprint density at radius 3 is 1.63 bits per heavy atom. The average Bonchev–Trinajstić information content (AvgIpc) is 3.33. The highest BCUT2D eigenvalue weighted by Gasteiger charge is 2.23. The molecule has 8 rings (SSSR count). The van der Waals surface area contributed by atoms with Crippen LogP contribution >= 0.6 is 23.2 Å². The first-order valence-corrected chi connectivity index (χ1v) is 22.8. The van der Waals surface area contributed by atoms with E-state index in [4.69, 9.17) is 56.7 Å². The number of hydrogen-bond donors (Lipinski definition) is 2. The number of anilines is 1. The van der Waals surface area contributed by atoms with Gasteiger partial charge < -0.3 is 38.8 Å². The number of carbonyl (C=O) groups excluding carboxylic acids is 2. The molecule has 0 unspecified atom stereocenters. The number of hydrogen-bond acceptors (Lipinski definition) is 12. The molecule has 1 fully saturated rings. The van der Waals surface area contributed by atoms with Crippen molar-refractivity contribution in [2.45, 2.75) is 45.0 Å². The van der Waals surface area contributed by atoms with E-state index in [1.54, 1.807) is 24.3 Å². The van der Waals surface area contributed by atoms with Crippen LogP contribution in [0.25, 0.3) is 0 Å². The molecule has 0 bridgehead atoms. The van der Waals surface area contributed by atoms with Gasteiger partial charge in [0.2, 0.25) is 0 Å². The molecule has 20 heteroatoms. The number of carbonyl (C=O) groups is 3. The van der Waals surface area contributed by atoms with Gasteiger partial charge in [-0.05, 0) is 90.3 Å². The highest BCUT2D eigenvalue weighted by Crippen LogP contribution is 2.30. The minimum Gasteiger partial charge on any atom is -0.484 e. The molecule has 2 N–H and O–H groups in total. The van der Waals surface area contributed by atoms with E-state index in [1.165, 1.54) is 74.1 Å². The molecular weight excluding hydrogens is 1000 g/mol. The van der Waals surface area contributed by atoms with E-state index in [1.807, 2.05) is 0 Å². The van der Waals surface area contributed by atoms with Crippen molar-refractivity contribution in [3.05, 3.63) is 194 Å². The van der Waals surface area contributed by atoms with Crippen molar-refractivity contribution in [3.8, 4) is 34.5 Å². The van der Waals surface area contributed by atoms with Gasteiger partial charge in [0, 0.05) is 83.9 Å². The standard InChI is InChI=1S/C33H28ClF3N2O6.C20H14ClF2NO4/c1-42-33(41)20-11-29(36)27(31(12-20)39-17-26-7-9-43-26)15-23(40)10-19-2-4-24(16-28(19)35)45-25-6-8-38-22(14-25)18-44-32-5-3-21(34)13-30(32)37;21-13-2-4-19(18(23)8-13)27-11-14-9-16(5-6-24-14)28-15-3-1-12(7-20(25)26)17(22)10-15/h2-6,8,11-14,16,26,39H,7,9-10,15,17-18H2,1H3;1-6,8-10H,7,11H2,(H,25,26)/t26-;/m0./s1. The smallest absolute Gasteiger partial charge is 0.338 e. The summed E-state index contributed by atoms with van der Waals surface area (Å²) in [6, 6.07) is 24.8. The lowest BCUT2D eigenvalue weighted by molar-refractivity contribution is -0.136. The first kappa shape index (κ1) is 53.0. The monoisotopic (exact) mass is 1050 g/mol. The molecule has 0 radical (unpaired) electrons. The van der Waals surface area contributed by atoms with Crippen molar-refractivity contribution in [1.82, 2.24) is 9.97 Å². The van der Waals surface area contributed by atoms with E-state index in [0.29, 0.717) is 36.0 Å². The second kappa shape index (κ2) is 25.0. The summed E-state index contributed by atoms with van der Waals surface area (Å²) in [7, 11) is 1.19. The van der Waals surface area contributed by atoms with Gasteiger partial charge >= 0.3 is 11.9 Å². The first-order chi connectivity index (χ1) is 35.1. The van der Waals surface area contributed by atoms with Crippen LogP contribution in [0.2, 0.25) is 10.0 Å². The Kier molecular flexibility index (Phi) is 18.2. The van der Waals surface area contributed by atoms with Crippen molar-refractivity contribution >= 4 is 46.6 Å². The molecule has 0 aliphatic carbocycles. The molecule has 0 saturated carbocycles. The van der Waals surface area contributed by atoms with Crippen molar-refractivity contribution in [2.75, 3.05) is 25.6 Å². The summed E-state index contributed by atoms with van der Waals surface area (Å²) in [6.45, 7) is 0.939. The molecule has 2 aromatic heterocycles. The van der Waals surface area contributed by atoms with Gasteiger partial charge in [-0.3, -0.25) is 19.6 Å². The Bertz CT molecular complexity index is 3130. The summed E-state index contributed by atoms with van der Waals surface area (Å²) < 4.78 is 104. The molecule has 1 aliphatic heterocycles. The van der Waals surface area contributed by atoms with Crippen molar-refractivity contribution < 1.29 is 69.9 Å². The molecule has 1 atom stereocenters. The number of carboxylic acids is 1. The maximum atomic E-state index is 15.1. The SMILES string of the molecule is COC(=O)c1cc(F)c(CC(=O)Cc2ccc(Oc3ccnc(COc4ccc(Cl)cc4F)c3)cc2F)c(NC[C@@H]2CCO2)c1.O=C(O)Cc1ccc(Oc2ccnc(COc3ccc(Cl)cc3F)c2)cc1F. The molecule has 1 saturated heterocycles. The summed E-state index contributed by atoms with van der Waals surface area (Å²) in [5.74, 6) is -4.46. The van der Waals surface area contributed by atoms with Gasteiger partial charge in [-0.2, -0.15) is 0 Å². The fourth-order valence-corrected chi connectivity index (χ4v) is 7.26.